The molecule has 1 aliphatic heterocycles. The fourth-order valence-electron chi connectivity index (χ4n) is 2.88. The van der Waals surface area contributed by atoms with Crippen LogP contribution >= 0.6 is 0 Å². The summed E-state index contributed by atoms with van der Waals surface area (Å²) >= 11 is 0. The van der Waals surface area contributed by atoms with Crippen molar-refractivity contribution in [3.63, 3.8) is 0 Å². The maximum atomic E-state index is 12.5. The van der Waals surface area contributed by atoms with E-state index < -0.39 is 0 Å². The minimum absolute atomic E-state index is 0.113. The van der Waals surface area contributed by atoms with Crippen LogP contribution in [-0.4, -0.2) is 29.9 Å². The van der Waals surface area contributed by atoms with Crippen LogP contribution in [0.15, 0.2) is 24.3 Å². The predicted octanol–water partition coefficient (Wildman–Crippen LogP) is 2.54. The molecule has 6 heteroatoms. The van der Waals surface area contributed by atoms with Gasteiger partial charge in [0, 0.05) is 30.7 Å². The summed E-state index contributed by atoms with van der Waals surface area (Å²) < 4.78 is 12.6. The van der Waals surface area contributed by atoms with Crippen LogP contribution in [-0.2, 0) is 17.9 Å². The van der Waals surface area contributed by atoms with Crippen LogP contribution in [0.1, 0.15) is 24.1 Å². The summed E-state index contributed by atoms with van der Waals surface area (Å²) in [6.07, 6.45) is 1.34. The molecule has 1 aliphatic rings. The van der Waals surface area contributed by atoms with E-state index in [4.69, 9.17) is 9.47 Å². The largest absolute Gasteiger partial charge is 0.497 e. The molecule has 0 fully saturated rings. The number of methoxy groups -OCH3 is 2. The minimum atomic E-state index is 0.113. The zero-order valence-corrected chi connectivity index (χ0v) is 13.7. The number of aryl methyl sites for hydroxylation is 2. The van der Waals surface area contributed by atoms with Crippen LogP contribution in [0.5, 0.6) is 11.5 Å². The Hall–Kier alpha value is -2.50. The molecule has 1 aromatic heterocycles. The fraction of sp³-hybridized carbons (Fsp3) is 0.412. The molecule has 1 aromatic carbocycles. The Morgan fingerprint density at radius 3 is 2.78 bits per heavy atom. The standard InChI is InChI=1S/C17H21N3O3/c1-12-9-16-19(17(21)5-4-8-20(16)18-12)11-13-6-7-14(22-2)10-15(13)23-3/h6-7,9-10H,4-5,8,11H2,1-3H3. The smallest absolute Gasteiger partial charge is 0.228 e. The van der Waals surface area contributed by atoms with Gasteiger partial charge in [0.1, 0.15) is 17.3 Å². The Kier molecular flexibility index (Phi) is 4.23. The van der Waals surface area contributed by atoms with Crippen molar-refractivity contribution in [3.05, 3.63) is 35.5 Å². The van der Waals surface area contributed by atoms with Crippen molar-refractivity contribution in [3.8, 4) is 11.5 Å². The number of ether oxygens (including phenoxy) is 2. The lowest BCUT2D eigenvalue weighted by atomic mass is 10.1. The van der Waals surface area contributed by atoms with E-state index in [2.05, 4.69) is 5.10 Å². The highest BCUT2D eigenvalue weighted by Gasteiger charge is 2.24. The molecule has 0 atom stereocenters. The topological polar surface area (TPSA) is 56.6 Å². The quantitative estimate of drug-likeness (QED) is 0.870. The first-order valence-electron chi connectivity index (χ1n) is 7.68. The Bertz CT molecular complexity index is 724. The van der Waals surface area contributed by atoms with Gasteiger partial charge >= 0.3 is 0 Å². The second kappa shape index (κ2) is 6.32. The number of hydrogen-bond acceptors (Lipinski definition) is 4. The maximum absolute atomic E-state index is 12.5. The van der Waals surface area contributed by atoms with Crippen molar-refractivity contribution in [2.24, 2.45) is 0 Å². The second-order valence-electron chi connectivity index (χ2n) is 5.63. The third-order valence-corrected chi connectivity index (χ3v) is 4.04. The Morgan fingerprint density at radius 2 is 2.04 bits per heavy atom. The van der Waals surface area contributed by atoms with Gasteiger partial charge in [-0.25, -0.2) is 4.68 Å². The minimum Gasteiger partial charge on any atom is -0.497 e. The average molecular weight is 315 g/mol. The number of hydrogen-bond donors (Lipinski definition) is 0. The fourth-order valence-corrected chi connectivity index (χ4v) is 2.88. The number of anilines is 1. The van der Waals surface area contributed by atoms with Crippen LogP contribution < -0.4 is 14.4 Å². The number of nitrogens with zero attached hydrogens (tertiary/aromatic N) is 3. The number of carbonyl (C=O) groups excluding carboxylic acids is 1. The van der Waals surface area contributed by atoms with E-state index >= 15 is 0 Å². The van der Waals surface area contributed by atoms with Gasteiger partial charge in [-0.1, -0.05) is 0 Å². The number of fused-ring (bicyclic) bond motifs is 1. The van der Waals surface area contributed by atoms with Crippen LogP contribution in [0.3, 0.4) is 0 Å². The van der Waals surface area contributed by atoms with Crippen LogP contribution in [0.4, 0.5) is 5.82 Å². The molecule has 2 heterocycles. The third kappa shape index (κ3) is 3.02. The maximum Gasteiger partial charge on any atom is 0.228 e. The predicted molar refractivity (Wildman–Crippen MR) is 86.9 cm³/mol. The summed E-state index contributed by atoms with van der Waals surface area (Å²) in [5.74, 6) is 2.40. The lowest BCUT2D eigenvalue weighted by Crippen LogP contribution is -2.30. The molecule has 2 aromatic rings. The first kappa shape index (κ1) is 15.4. The van der Waals surface area contributed by atoms with E-state index in [0.29, 0.717) is 18.7 Å². The van der Waals surface area contributed by atoms with E-state index in [-0.39, 0.29) is 5.91 Å². The van der Waals surface area contributed by atoms with Gasteiger partial charge in [-0.15, -0.1) is 0 Å². The van der Waals surface area contributed by atoms with Gasteiger partial charge in [0.15, 0.2) is 0 Å². The van der Waals surface area contributed by atoms with Gasteiger partial charge in [0.2, 0.25) is 5.91 Å². The summed E-state index contributed by atoms with van der Waals surface area (Å²) in [4.78, 5) is 14.3. The van der Waals surface area contributed by atoms with Crippen LogP contribution in [0.2, 0.25) is 0 Å². The van der Waals surface area contributed by atoms with Gasteiger partial charge in [0.05, 0.1) is 26.5 Å². The van der Waals surface area contributed by atoms with E-state index in [1.54, 1.807) is 19.1 Å². The van der Waals surface area contributed by atoms with Gasteiger partial charge < -0.3 is 9.47 Å². The van der Waals surface area contributed by atoms with E-state index in [0.717, 1.165) is 35.8 Å². The lowest BCUT2D eigenvalue weighted by molar-refractivity contribution is -0.118. The van der Waals surface area contributed by atoms with Gasteiger partial charge in [-0.3, -0.25) is 9.69 Å². The summed E-state index contributed by atoms with van der Waals surface area (Å²) in [6, 6.07) is 7.60. The molecule has 0 saturated carbocycles. The van der Waals surface area contributed by atoms with Crippen molar-refractivity contribution in [2.75, 3.05) is 19.1 Å². The Balaban J connectivity index is 1.96. The third-order valence-electron chi connectivity index (χ3n) is 4.04. The van der Waals surface area contributed by atoms with Crippen molar-refractivity contribution < 1.29 is 14.3 Å². The summed E-state index contributed by atoms with van der Waals surface area (Å²) in [5.41, 5.74) is 1.86. The molecule has 0 spiro atoms. The molecule has 0 bridgehead atoms. The summed E-state index contributed by atoms with van der Waals surface area (Å²) in [7, 11) is 3.24. The van der Waals surface area contributed by atoms with E-state index in [1.807, 2.05) is 35.9 Å². The Labute approximate surface area is 135 Å². The van der Waals surface area contributed by atoms with Gasteiger partial charge in [-0.2, -0.15) is 5.10 Å². The molecular formula is C17H21N3O3. The number of rotatable bonds is 4. The Morgan fingerprint density at radius 1 is 1.22 bits per heavy atom. The molecule has 0 radical (unpaired) electrons. The zero-order valence-electron chi connectivity index (χ0n) is 13.7. The first-order valence-corrected chi connectivity index (χ1v) is 7.68. The first-order chi connectivity index (χ1) is 11.1. The molecule has 0 N–H and O–H groups in total. The average Bonchev–Trinajstić information content (AvgIpc) is 2.86. The number of aromatic nitrogens is 2. The van der Waals surface area contributed by atoms with Crippen LogP contribution in [0, 0.1) is 6.92 Å². The molecule has 6 nitrogen and oxygen atoms in total. The molecule has 3 rings (SSSR count). The molecular weight excluding hydrogens is 294 g/mol. The summed E-state index contributed by atoms with van der Waals surface area (Å²) in [5, 5.41) is 4.48. The van der Waals surface area contributed by atoms with Crippen molar-refractivity contribution in [2.45, 2.75) is 32.9 Å². The molecule has 0 saturated heterocycles. The zero-order chi connectivity index (χ0) is 16.4. The molecule has 122 valence electrons. The SMILES string of the molecule is COc1ccc(CN2C(=O)CCCn3nc(C)cc32)c(OC)c1. The molecule has 0 aliphatic carbocycles. The number of amides is 1. The monoisotopic (exact) mass is 315 g/mol. The van der Waals surface area contributed by atoms with Crippen LogP contribution in [0.25, 0.3) is 0 Å². The highest BCUT2D eigenvalue weighted by atomic mass is 16.5. The highest BCUT2D eigenvalue weighted by Crippen LogP contribution is 2.29. The van der Waals surface area contributed by atoms with Gasteiger partial charge in [0.25, 0.3) is 0 Å². The van der Waals surface area contributed by atoms with Gasteiger partial charge in [-0.05, 0) is 25.5 Å². The number of carbonyl (C=O) groups is 1. The normalized spacial score (nSPS) is 14.4. The number of benzene rings is 1. The second-order valence-corrected chi connectivity index (χ2v) is 5.63. The van der Waals surface area contributed by atoms with Crippen molar-refractivity contribution in [1.29, 1.82) is 0 Å². The highest BCUT2D eigenvalue weighted by molar-refractivity contribution is 5.93. The lowest BCUT2D eigenvalue weighted by Gasteiger charge is -2.22. The van der Waals surface area contributed by atoms with E-state index in [1.165, 1.54) is 0 Å². The molecule has 23 heavy (non-hydrogen) atoms. The molecule has 1 amide bonds. The molecule has 0 unspecified atom stereocenters. The summed E-state index contributed by atoms with van der Waals surface area (Å²) in [6.45, 7) is 3.17. The van der Waals surface area contributed by atoms with Crippen molar-refractivity contribution in [1.82, 2.24) is 9.78 Å². The van der Waals surface area contributed by atoms with E-state index in [9.17, 15) is 4.79 Å². The van der Waals surface area contributed by atoms with Crippen molar-refractivity contribution >= 4 is 11.7 Å².